The Hall–Kier alpha value is -1.71. The number of carbonyl (C=O) groups is 3. The molecule has 0 spiro atoms. The minimum absolute atomic E-state index is 0.135. The van der Waals surface area contributed by atoms with E-state index in [0.29, 0.717) is 5.57 Å². The predicted molar refractivity (Wildman–Crippen MR) is 48.5 cm³/mol. The predicted octanol–water partition coefficient (Wildman–Crippen LogP) is 0.574. The van der Waals surface area contributed by atoms with Gasteiger partial charge in [-0.2, -0.15) is 0 Å². The quantitative estimate of drug-likeness (QED) is 0.476. The molecule has 0 saturated heterocycles. The number of rotatable bonds is 2. The lowest BCUT2D eigenvalue weighted by Gasteiger charge is -2.08. The first-order chi connectivity index (χ1) is 6.50. The van der Waals surface area contributed by atoms with E-state index in [1.165, 1.54) is 19.1 Å². The first-order valence-corrected chi connectivity index (χ1v) is 4.11. The molecule has 1 rings (SSSR count). The third-order valence-corrected chi connectivity index (χ3v) is 1.79. The molecule has 4 nitrogen and oxygen atoms in total. The summed E-state index contributed by atoms with van der Waals surface area (Å²) in [7, 11) is 0. The van der Waals surface area contributed by atoms with Gasteiger partial charge in [-0.15, -0.1) is 0 Å². The Morgan fingerprint density at radius 3 is 2.50 bits per heavy atom. The average molecular weight is 194 g/mol. The molecule has 0 unspecified atom stereocenters. The molecule has 0 radical (unpaired) electrons. The lowest BCUT2D eigenvalue weighted by Crippen LogP contribution is -2.16. The SMILES string of the molecule is CC(=O)OCC1=CC(=O)C(C)=CC1=O. The molecule has 0 amide bonds. The molecular formula is C10H10O4. The monoisotopic (exact) mass is 194 g/mol. The summed E-state index contributed by atoms with van der Waals surface area (Å²) < 4.78 is 4.63. The van der Waals surface area contributed by atoms with E-state index in [1.807, 2.05) is 0 Å². The minimum atomic E-state index is -0.475. The zero-order valence-electron chi connectivity index (χ0n) is 7.99. The van der Waals surface area contributed by atoms with E-state index >= 15 is 0 Å². The summed E-state index contributed by atoms with van der Waals surface area (Å²) in [5.41, 5.74) is 0.623. The number of carbonyl (C=O) groups excluding carboxylic acids is 3. The highest BCUT2D eigenvalue weighted by atomic mass is 16.5. The molecule has 0 atom stereocenters. The smallest absolute Gasteiger partial charge is 0.302 e. The third-order valence-electron chi connectivity index (χ3n) is 1.79. The summed E-state index contributed by atoms with van der Waals surface area (Å²) >= 11 is 0. The number of esters is 1. The van der Waals surface area contributed by atoms with Crippen LogP contribution < -0.4 is 0 Å². The van der Waals surface area contributed by atoms with E-state index in [4.69, 9.17) is 0 Å². The topological polar surface area (TPSA) is 60.4 Å². The number of ether oxygens (including phenoxy) is 1. The lowest BCUT2D eigenvalue weighted by atomic mass is 9.99. The van der Waals surface area contributed by atoms with Gasteiger partial charge in [0, 0.05) is 18.1 Å². The summed E-state index contributed by atoms with van der Waals surface area (Å²) in [5, 5.41) is 0. The number of hydrogen-bond acceptors (Lipinski definition) is 4. The Bertz CT molecular complexity index is 360. The Balaban J connectivity index is 2.72. The maximum absolute atomic E-state index is 11.3. The normalized spacial score (nSPS) is 16.1. The average Bonchev–Trinajstić information content (AvgIpc) is 2.09. The van der Waals surface area contributed by atoms with Crippen molar-refractivity contribution in [2.75, 3.05) is 6.61 Å². The van der Waals surface area contributed by atoms with Gasteiger partial charge in [0.15, 0.2) is 11.6 Å². The molecule has 0 heterocycles. The molecule has 4 heteroatoms. The zero-order valence-corrected chi connectivity index (χ0v) is 7.99. The van der Waals surface area contributed by atoms with Gasteiger partial charge in [-0.3, -0.25) is 14.4 Å². The second kappa shape index (κ2) is 4.00. The second-order valence-electron chi connectivity index (χ2n) is 3.01. The van der Waals surface area contributed by atoms with Gasteiger partial charge < -0.3 is 4.74 Å². The molecular weight excluding hydrogens is 184 g/mol. The molecule has 0 fully saturated rings. The van der Waals surface area contributed by atoms with Gasteiger partial charge in [0.25, 0.3) is 0 Å². The van der Waals surface area contributed by atoms with E-state index in [9.17, 15) is 14.4 Å². The van der Waals surface area contributed by atoms with Crippen molar-refractivity contribution in [1.29, 1.82) is 0 Å². The number of ketones is 2. The molecule has 0 aliphatic heterocycles. The van der Waals surface area contributed by atoms with Crippen molar-refractivity contribution in [1.82, 2.24) is 0 Å². The number of allylic oxidation sites excluding steroid dienone is 3. The van der Waals surface area contributed by atoms with Crippen molar-refractivity contribution in [3.8, 4) is 0 Å². The Morgan fingerprint density at radius 2 is 1.93 bits per heavy atom. The first-order valence-electron chi connectivity index (χ1n) is 4.11. The minimum Gasteiger partial charge on any atom is -0.461 e. The fourth-order valence-corrected chi connectivity index (χ4v) is 0.996. The zero-order chi connectivity index (χ0) is 10.7. The summed E-state index contributed by atoms with van der Waals surface area (Å²) in [5.74, 6) is -0.965. The molecule has 0 aromatic carbocycles. The van der Waals surface area contributed by atoms with Crippen LogP contribution in [0.25, 0.3) is 0 Å². The molecule has 14 heavy (non-hydrogen) atoms. The van der Waals surface area contributed by atoms with Crippen molar-refractivity contribution in [3.63, 3.8) is 0 Å². The van der Waals surface area contributed by atoms with Crippen LogP contribution in [-0.4, -0.2) is 24.1 Å². The van der Waals surface area contributed by atoms with Crippen LogP contribution >= 0.6 is 0 Å². The van der Waals surface area contributed by atoms with Crippen molar-refractivity contribution < 1.29 is 19.1 Å². The standard InChI is InChI=1S/C10H10O4/c1-6-3-10(13)8(4-9(6)12)5-14-7(2)11/h3-4H,5H2,1-2H3. The highest BCUT2D eigenvalue weighted by Crippen LogP contribution is 2.11. The highest BCUT2D eigenvalue weighted by molar-refractivity contribution is 6.19. The molecule has 0 aromatic rings. The summed E-state index contributed by atoms with van der Waals surface area (Å²) in [6, 6.07) is 0. The first kappa shape index (κ1) is 10.4. The van der Waals surface area contributed by atoms with Gasteiger partial charge in [0.2, 0.25) is 0 Å². The molecule has 0 bridgehead atoms. The lowest BCUT2D eigenvalue weighted by molar-refractivity contribution is -0.140. The van der Waals surface area contributed by atoms with Crippen LogP contribution in [0, 0.1) is 0 Å². The Labute approximate surface area is 81.2 Å². The van der Waals surface area contributed by atoms with E-state index in [2.05, 4.69) is 4.74 Å². The maximum atomic E-state index is 11.3. The largest absolute Gasteiger partial charge is 0.461 e. The van der Waals surface area contributed by atoms with Gasteiger partial charge in [-0.1, -0.05) is 0 Å². The molecule has 1 aliphatic rings. The van der Waals surface area contributed by atoms with Gasteiger partial charge in [-0.05, 0) is 19.1 Å². The molecule has 74 valence electrons. The Morgan fingerprint density at radius 1 is 1.29 bits per heavy atom. The van der Waals surface area contributed by atoms with Crippen molar-refractivity contribution >= 4 is 17.5 Å². The van der Waals surface area contributed by atoms with Gasteiger partial charge in [0.1, 0.15) is 6.61 Å². The fraction of sp³-hybridized carbons (Fsp3) is 0.300. The van der Waals surface area contributed by atoms with Crippen molar-refractivity contribution in [3.05, 3.63) is 23.3 Å². The second-order valence-corrected chi connectivity index (χ2v) is 3.01. The van der Waals surface area contributed by atoms with Crippen LogP contribution in [0.3, 0.4) is 0 Å². The summed E-state index contributed by atoms with van der Waals surface area (Å²) in [6.45, 7) is 2.68. The van der Waals surface area contributed by atoms with Crippen LogP contribution in [0.1, 0.15) is 13.8 Å². The van der Waals surface area contributed by atoms with Crippen molar-refractivity contribution in [2.45, 2.75) is 13.8 Å². The maximum Gasteiger partial charge on any atom is 0.302 e. The fourth-order valence-electron chi connectivity index (χ4n) is 0.996. The summed E-state index contributed by atoms with van der Waals surface area (Å²) in [6.07, 6.45) is 2.46. The molecule has 0 N–H and O–H groups in total. The third kappa shape index (κ3) is 2.39. The van der Waals surface area contributed by atoms with Gasteiger partial charge >= 0.3 is 5.97 Å². The molecule has 0 aromatic heterocycles. The van der Waals surface area contributed by atoms with E-state index in [0.717, 1.165) is 0 Å². The van der Waals surface area contributed by atoms with Crippen LogP contribution in [0.5, 0.6) is 0 Å². The van der Waals surface area contributed by atoms with Crippen LogP contribution in [0.4, 0.5) is 0 Å². The Kier molecular flexibility index (Phi) is 2.96. The van der Waals surface area contributed by atoms with E-state index < -0.39 is 5.97 Å². The van der Waals surface area contributed by atoms with Crippen molar-refractivity contribution in [2.24, 2.45) is 0 Å². The van der Waals surface area contributed by atoms with Gasteiger partial charge in [-0.25, -0.2) is 0 Å². The number of hydrogen-bond donors (Lipinski definition) is 0. The highest BCUT2D eigenvalue weighted by Gasteiger charge is 2.17. The van der Waals surface area contributed by atoms with Crippen LogP contribution in [0.15, 0.2) is 23.3 Å². The van der Waals surface area contributed by atoms with Crippen LogP contribution in [0.2, 0.25) is 0 Å². The van der Waals surface area contributed by atoms with E-state index in [1.54, 1.807) is 6.92 Å². The van der Waals surface area contributed by atoms with Crippen LogP contribution in [-0.2, 0) is 19.1 Å². The van der Waals surface area contributed by atoms with E-state index in [-0.39, 0.29) is 23.7 Å². The van der Waals surface area contributed by atoms with Gasteiger partial charge in [0.05, 0.1) is 0 Å². The molecule has 1 aliphatic carbocycles. The summed E-state index contributed by atoms with van der Waals surface area (Å²) in [4.78, 5) is 32.9. The molecule has 0 saturated carbocycles.